The third-order valence-corrected chi connectivity index (χ3v) is 7.63. The van der Waals surface area contributed by atoms with E-state index in [-0.39, 0.29) is 11.9 Å². The number of benzene rings is 1. The first kappa shape index (κ1) is 24.3. The summed E-state index contributed by atoms with van der Waals surface area (Å²) in [5.41, 5.74) is 3.47. The van der Waals surface area contributed by atoms with E-state index in [2.05, 4.69) is 39.8 Å². The van der Waals surface area contributed by atoms with Crippen molar-refractivity contribution in [2.45, 2.75) is 57.0 Å². The lowest BCUT2D eigenvalue weighted by Gasteiger charge is -2.22. The molecule has 1 aliphatic carbocycles. The molecule has 0 radical (unpaired) electrons. The number of fused-ring (bicyclic) bond motifs is 1. The fourth-order valence-electron chi connectivity index (χ4n) is 5.84. The second-order valence-corrected chi connectivity index (χ2v) is 10.2. The number of aromatic nitrogens is 2. The van der Waals surface area contributed by atoms with Gasteiger partial charge in [-0.2, -0.15) is 0 Å². The largest absolute Gasteiger partial charge is 0.465 e. The van der Waals surface area contributed by atoms with Crippen molar-refractivity contribution in [3.8, 4) is 0 Å². The van der Waals surface area contributed by atoms with Gasteiger partial charge in [0, 0.05) is 44.3 Å². The van der Waals surface area contributed by atoms with Crippen LogP contribution in [0.2, 0.25) is 0 Å². The average Bonchev–Trinajstić information content (AvgIpc) is 3.63. The number of rotatable bonds is 9. The first-order chi connectivity index (χ1) is 17.5. The molecule has 8 nitrogen and oxygen atoms in total. The third kappa shape index (κ3) is 5.87. The third-order valence-electron chi connectivity index (χ3n) is 7.63. The van der Waals surface area contributed by atoms with Gasteiger partial charge in [-0.3, -0.25) is 14.1 Å². The average molecular weight is 490 g/mol. The van der Waals surface area contributed by atoms with Crippen molar-refractivity contribution < 1.29 is 14.7 Å². The zero-order chi connectivity index (χ0) is 24.9. The fraction of sp³-hybridized carbons (Fsp3) is 0.464. The minimum absolute atomic E-state index is 0.0531. The van der Waals surface area contributed by atoms with Gasteiger partial charge in [-0.15, -0.1) is 0 Å². The van der Waals surface area contributed by atoms with Crippen molar-refractivity contribution in [1.29, 1.82) is 0 Å². The van der Waals surface area contributed by atoms with Crippen LogP contribution in [-0.2, 0) is 6.54 Å². The van der Waals surface area contributed by atoms with Gasteiger partial charge in [0.2, 0.25) is 0 Å². The molecule has 2 unspecified atom stereocenters. The molecule has 2 aliphatic rings. The predicted molar refractivity (Wildman–Crippen MR) is 138 cm³/mol. The molecule has 3 heterocycles. The molecule has 1 saturated heterocycles. The number of carboxylic acid groups (broad SMARTS) is 1. The maximum absolute atomic E-state index is 13.3. The highest BCUT2D eigenvalue weighted by Gasteiger charge is 2.25. The molecule has 1 aromatic carbocycles. The zero-order valence-electron chi connectivity index (χ0n) is 20.6. The Morgan fingerprint density at radius 1 is 1.06 bits per heavy atom. The molecule has 1 aliphatic heterocycles. The van der Waals surface area contributed by atoms with Gasteiger partial charge in [-0.25, -0.2) is 9.78 Å². The van der Waals surface area contributed by atoms with E-state index in [0.29, 0.717) is 31.2 Å². The number of nitrogens with one attached hydrogen (secondary N) is 2. The van der Waals surface area contributed by atoms with E-state index in [1.807, 2.05) is 34.9 Å². The minimum atomic E-state index is -0.983. The van der Waals surface area contributed by atoms with Gasteiger partial charge in [-0.05, 0) is 36.5 Å². The monoisotopic (exact) mass is 489 g/mol. The molecule has 36 heavy (non-hydrogen) atoms. The standard InChI is InChI=1S/C28H35N5O3/c34-27(29-16-22(15-20-7-4-5-8-20)21-9-2-1-3-10-21)25-11-6-12-26-30-24(19-33(25)26)18-32-14-13-23(17-32)31-28(35)36/h1-3,6,9-12,19-20,22-23,31H,4-5,7-8,13-18H2,(H,29,34)(H,35,36). The number of amides is 2. The molecule has 2 fully saturated rings. The summed E-state index contributed by atoms with van der Waals surface area (Å²) in [5, 5.41) is 14.7. The normalized spacial score (nSPS) is 19.5. The van der Waals surface area contributed by atoms with Crippen molar-refractivity contribution in [2.24, 2.45) is 5.92 Å². The van der Waals surface area contributed by atoms with Crippen LogP contribution in [0.5, 0.6) is 0 Å². The number of nitrogens with zero attached hydrogens (tertiary/aromatic N) is 3. The summed E-state index contributed by atoms with van der Waals surface area (Å²) >= 11 is 0. The van der Waals surface area contributed by atoms with Gasteiger partial charge in [0.1, 0.15) is 11.3 Å². The Hall–Kier alpha value is -3.39. The van der Waals surface area contributed by atoms with E-state index in [1.165, 1.54) is 31.2 Å². The highest BCUT2D eigenvalue weighted by atomic mass is 16.4. The van der Waals surface area contributed by atoms with Gasteiger partial charge >= 0.3 is 6.09 Å². The number of carbonyl (C=O) groups excluding carboxylic acids is 1. The molecule has 3 N–H and O–H groups in total. The molecular formula is C28H35N5O3. The molecule has 0 spiro atoms. The number of pyridine rings is 1. The Morgan fingerprint density at radius 3 is 2.64 bits per heavy atom. The number of hydrogen-bond acceptors (Lipinski definition) is 4. The van der Waals surface area contributed by atoms with Crippen LogP contribution in [-0.4, -0.2) is 57.1 Å². The second-order valence-electron chi connectivity index (χ2n) is 10.2. The van der Waals surface area contributed by atoms with Crippen LogP contribution in [0.3, 0.4) is 0 Å². The Balaban J connectivity index is 1.25. The molecule has 8 heteroatoms. The zero-order valence-corrected chi connectivity index (χ0v) is 20.6. The summed E-state index contributed by atoms with van der Waals surface area (Å²) in [6.45, 7) is 2.71. The van der Waals surface area contributed by atoms with E-state index in [1.54, 1.807) is 0 Å². The molecule has 2 aromatic heterocycles. The minimum Gasteiger partial charge on any atom is -0.465 e. The SMILES string of the molecule is O=C(O)NC1CCN(Cc2cn3c(C(=O)NCC(CC4CCCC4)c4ccccc4)cccc3n2)C1. The van der Waals surface area contributed by atoms with E-state index < -0.39 is 6.09 Å². The molecule has 5 rings (SSSR count). The van der Waals surface area contributed by atoms with Crippen LogP contribution in [0, 0.1) is 5.92 Å². The van der Waals surface area contributed by atoms with Gasteiger partial charge in [0.15, 0.2) is 0 Å². The molecular weight excluding hydrogens is 454 g/mol. The Morgan fingerprint density at radius 2 is 1.86 bits per heavy atom. The smallest absolute Gasteiger partial charge is 0.404 e. The first-order valence-corrected chi connectivity index (χ1v) is 13.1. The quantitative estimate of drug-likeness (QED) is 0.417. The summed E-state index contributed by atoms with van der Waals surface area (Å²) in [5.74, 6) is 0.949. The van der Waals surface area contributed by atoms with E-state index in [9.17, 15) is 9.59 Å². The highest BCUT2D eigenvalue weighted by molar-refractivity contribution is 5.93. The van der Waals surface area contributed by atoms with Gasteiger partial charge in [-0.1, -0.05) is 62.1 Å². The van der Waals surface area contributed by atoms with Gasteiger partial charge in [0.25, 0.3) is 5.91 Å². The summed E-state index contributed by atoms with van der Waals surface area (Å²) in [7, 11) is 0. The van der Waals surface area contributed by atoms with Gasteiger partial charge < -0.3 is 15.7 Å². The first-order valence-electron chi connectivity index (χ1n) is 13.1. The fourth-order valence-corrected chi connectivity index (χ4v) is 5.84. The Labute approximate surface area is 211 Å². The van der Waals surface area contributed by atoms with Crippen molar-refractivity contribution in [2.75, 3.05) is 19.6 Å². The maximum Gasteiger partial charge on any atom is 0.404 e. The molecule has 3 aromatic rings. The van der Waals surface area contributed by atoms with Crippen LogP contribution in [0.25, 0.3) is 5.65 Å². The summed E-state index contributed by atoms with van der Waals surface area (Å²) in [6, 6.07) is 16.1. The van der Waals surface area contributed by atoms with Crippen LogP contribution in [0.15, 0.2) is 54.7 Å². The Kier molecular flexibility index (Phi) is 7.51. The van der Waals surface area contributed by atoms with Crippen molar-refractivity contribution >= 4 is 17.6 Å². The van der Waals surface area contributed by atoms with E-state index >= 15 is 0 Å². The van der Waals surface area contributed by atoms with E-state index in [0.717, 1.165) is 36.6 Å². The van der Waals surface area contributed by atoms with Crippen molar-refractivity contribution in [3.05, 3.63) is 71.7 Å². The number of hydrogen-bond donors (Lipinski definition) is 3. The molecule has 0 bridgehead atoms. The predicted octanol–water partition coefficient (Wildman–Crippen LogP) is 4.27. The molecule has 2 amide bonds. The molecule has 1 saturated carbocycles. The van der Waals surface area contributed by atoms with Crippen molar-refractivity contribution in [3.63, 3.8) is 0 Å². The van der Waals surface area contributed by atoms with Crippen LogP contribution >= 0.6 is 0 Å². The van der Waals surface area contributed by atoms with Crippen LogP contribution < -0.4 is 10.6 Å². The summed E-state index contributed by atoms with van der Waals surface area (Å²) < 4.78 is 1.86. The van der Waals surface area contributed by atoms with Crippen LogP contribution in [0.1, 0.15) is 66.2 Å². The lowest BCUT2D eigenvalue weighted by atomic mass is 9.88. The highest BCUT2D eigenvalue weighted by Crippen LogP contribution is 2.34. The number of carbonyl (C=O) groups is 2. The Bertz CT molecular complexity index is 1190. The second kappa shape index (κ2) is 11.1. The van der Waals surface area contributed by atoms with Gasteiger partial charge in [0.05, 0.1) is 5.69 Å². The maximum atomic E-state index is 13.3. The lowest BCUT2D eigenvalue weighted by molar-refractivity contribution is 0.0943. The molecule has 2 atom stereocenters. The number of imidazole rings is 1. The summed E-state index contributed by atoms with van der Waals surface area (Å²) in [4.78, 5) is 31.1. The van der Waals surface area contributed by atoms with Crippen LogP contribution in [0.4, 0.5) is 4.79 Å². The molecule has 190 valence electrons. The number of likely N-dealkylation sites (tertiary alicyclic amines) is 1. The van der Waals surface area contributed by atoms with Crippen molar-refractivity contribution in [1.82, 2.24) is 24.9 Å². The lowest BCUT2D eigenvalue weighted by Crippen LogP contribution is -2.35. The van der Waals surface area contributed by atoms with E-state index in [4.69, 9.17) is 10.1 Å². The summed E-state index contributed by atoms with van der Waals surface area (Å²) in [6.07, 6.45) is 8.05. The topological polar surface area (TPSA) is 99.0 Å².